The molecule has 0 spiro atoms. The molecule has 0 aliphatic heterocycles. The van der Waals surface area contributed by atoms with E-state index in [0.29, 0.717) is 0 Å². The summed E-state index contributed by atoms with van der Waals surface area (Å²) in [6.45, 7) is 0. The Labute approximate surface area is 50.1 Å². The van der Waals surface area contributed by atoms with Crippen LogP contribution in [0.25, 0.3) is 0 Å². The Kier molecular flexibility index (Phi) is 24.4. The minimum Gasteiger partial charge on any atom is -0.598 e. The van der Waals surface area contributed by atoms with E-state index >= 15 is 0 Å². The molecule has 0 unspecified atom stereocenters. The van der Waals surface area contributed by atoms with Crippen LogP contribution < -0.4 is 9.79 Å². The molecule has 0 radical (unpaired) electrons. The van der Waals surface area contributed by atoms with Gasteiger partial charge < -0.3 is 9.79 Å². The van der Waals surface area contributed by atoms with Crippen molar-refractivity contribution in [3.05, 3.63) is 0 Å². The first-order chi connectivity index (χ1) is 1.73. The van der Waals surface area contributed by atoms with E-state index in [0.717, 1.165) is 0 Å². The molecule has 0 atom stereocenters. The second-order valence-corrected chi connectivity index (χ2v) is 0.671. The molecule has 0 rings (SSSR count). The zero-order valence-corrected chi connectivity index (χ0v) is 6.24. The Morgan fingerprint density at radius 2 is 1.33 bits per heavy atom. The van der Waals surface area contributed by atoms with Crippen LogP contribution in [0.5, 0.6) is 0 Å². The molecular weight excluding hydrogens is 156 g/mol. The average molecular weight is 160 g/mol. The number of rotatable bonds is 0. The van der Waals surface area contributed by atoms with Crippen molar-refractivity contribution in [2.24, 2.45) is 0 Å². The maximum Gasteiger partial charge on any atom is 2.00 e. The Hall–Kier alpha value is 0.643. The average Bonchev–Trinajstić information content (AvgIpc) is 0.811. The van der Waals surface area contributed by atoms with Crippen molar-refractivity contribution in [3.8, 4) is 0 Å². The van der Waals surface area contributed by atoms with Gasteiger partial charge in [-0.3, -0.25) is 0 Å². The molecule has 0 aliphatic rings. The quantitative estimate of drug-likeness (QED) is 0.337. The molecule has 0 aromatic rings. The Morgan fingerprint density at radius 3 is 1.33 bits per heavy atom. The van der Waals surface area contributed by atoms with Crippen LogP contribution >= 0.6 is 8.25 Å². The molecule has 0 bridgehead atoms. The Balaban J connectivity index is -0.0000000450. The topological polar surface area (TPSA) is 63.2 Å². The van der Waals surface area contributed by atoms with Crippen LogP contribution in [0.1, 0.15) is 7.43 Å². The standard InChI is InChI=1S/CH4.HO3P.Zn/c;1-4(2)3;/h1H4;(H,1,2,3);/q;;+2/p-1. The van der Waals surface area contributed by atoms with Crippen LogP contribution in [0.3, 0.4) is 0 Å². The van der Waals surface area contributed by atoms with Crippen molar-refractivity contribution in [3.63, 3.8) is 0 Å². The molecule has 0 aromatic heterocycles. The summed E-state index contributed by atoms with van der Waals surface area (Å²) in [5.74, 6) is 0. The Morgan fingerprint density at radius 1 is 1.33 bits per heavy atom. The second-order valence-electron chi connectivity index (χ2n) is 0.224. The minimum atomic E-state index is -3.37. The summed E-state index contributed by atoms with van der Waals surface area (Å²) in [6, 6.07) is 0. The van der Waals surface area contributed by atoms with Gasteiger partial charge in [0.1, 0.15) is 0 Å². The van der Waals surface area contributed by atoms with Crippen LogP contribution in [0, 0.1) is 0 Å². The Bertz CT molecular complexity index is 33.8. The van der Waals surface area contributed by atoms with Gasteiger partial charge in [-0.1, -0.05) is 12.0 Å². The van der Waals surface area contributed by atoms with Gasteiger partial charge in [-0.05, 0) is 0 Å². The van der Waals surface area contributed by atoms with Crippen molar-refractivity contribution in [1.82, 2.24) is 0 Å². The van der Waals surface area contributed by atoms with E-state index in [-0.39, 0.29) is 26.9 Å². The van der Waals surface area contributed by atoms with Gasteiger partial charge >= 0.3 is 19.5 Å². The molecule has 0 aliphatic carbocycles. The smallest absolute Gasteiger partial charge is 0.598 e. The maximum absolute atomic E-state index is 8.48. The van der Waals surface area contributed by atoms with E-state index in [1.165, 1.54) is 0 Å². The SMILES string of the molecule is C.O=[P+]([O-])[O-].[Zn+2]. The molecule has 0 aromatic carbocycles. The first-order valence-electron chi connectivity index (χ1n) is 0.548. The zero-order valence-electron chi connectivity index (χ0n) is 2.38. The van der Waals surface area contributed by atoms with E-state index in [2.05, 4.69) is 0 Å². The summed E-state index contributed by atoms with van der Waals surface area (Å²) in [6.07, 6.45) is 0. The predicted octanol–water partition coefficient (Wildman–Crippen LogP) is -1.00. The van der Waals surface area contributed by atoms with Crippen molar-refractivity contribution in [2.75, 3.05) is 0 Å². The summed E-state index contributed by atoms with van der Waals surface area (Å²) in [7, 11) is -3.37. The monoisotopic (exact) mass is 159 g/mol. The maximum atomic E-state index is 8.48. The van der Waals surface area contributed by atoms with Gasteiger partial charge in [0.05, 0.1) is 0 Å². The fourth-order valence-corrected chi connectivity index (χ4v) is 0. The van der Waals surface area contributed by atoms with Crippen LogP contribution in [-0.4, -0.2) is 0 Å². The van der Waals surface area contributed by atoms with Crippen LogP contribution in [0.4, 0.5) is 0 Å². The van der Waals surface area contributed by atoms with Crippen molar-refractivity contribution >= 4 is 8.25 Å². The molecule has 0 fully saturated rings. The zero-order chi connectivity index (χ0) is 3.58. The van der Waals surface area contributed by atoms with Gasteiger partial charge in [0, 0.05) is 0 Å². The normalized spacial score (nSPS) is 4.33. The summed E-state index contributed by atoms with van der Waals surface area (Å²) < 4.78 is 8.48. The van der Waals surface area contributed by atoms with Crippen molar-refractivity contribution in [2.45, 2.75) is 7.43 Å². The molecule has 5 heteroatoms. The molecule has 0 N–H and O–H groups in total. The molecule has 3 nitrogen and oxygen atoms in total. The van der Waals surface area contributed by atoms with Crippen LogP contribution in [0.15, 0.2) is 0 Å². The molecule has 32 valence electrons. The summed E-state index contributed by atoms with van der Waals surface area (Å²) in [5, 5.41) is 0. The predicted molar refractivity (Wildman–Crippen MR) is 14.3 cm³/mol. The van der Waals surface area contributed by atoms with E-state index in [1.807, 2.05) is 0 Å². The van der Waals surface area contributed by atoms with E-state index in [4.69, 9.17) is 14.4 Å². The van der Waals surface area contributed by atoms with Gasteiger partial charge in [-0.25, -0.2) is 0 Å². The van der Waals surface area contributed by atoms with E-state index in [1.54, 1.807) is 0 Å². The van der Waals surface area contributed by atoms with Crippen LogP contribution in [0.2, 0.25) is 0 Å². The fraction of sp³-hybridized carbons (Fsp3) is 1.00. The van der Waals surface area contributed by atoms with Gasteiger partial charge in [-0.15, -0.1) is 0 Å². The van der Waals surface area contributed by atoms with Gasteiger partial charge in [0.15, 0.2) is 0 Å². The summed E-state index contributed by atoms with van der Waals surface area (Å²) in [4.78, 5) is 17.0. The molecule has 0 heterocycles. The molecular formula is CH4O3PZn+. The summed E-state index contributed by atoms with van der Waals surface area (Å²) in [5.41, 5.74) is 0. The van der Waals surface area contributed by atoms with E-state index < -0.39 is 8.25 Å². The third-order valence-electron chi connectivity index (χ3n) is 0. The van der Waals surface area contributed by atoms with Gasteiger partial charge in [0.2, 0.25) is 0 Å². The van der Waals surface area contributed by atoms with Crippen molar-refractivity contribution in [1.29, 1.82) is 0 Å². The molecule has 6 heavy (non-hydrogen) atoms. The summed E-state index contributed by atoms with van der Waals surface area (Å²) >= 11 is 0. The fourth-order valence-electron chi connectivity index (χ4n) is 0. The number of hydrogen-bond donors (Lipinski definition) is 0. The number of hydrogen-bond acceptors (Lipinski definition) is 3. The van der Waals surface area contributed by atoms with Gasteiger partial charge in [-0.2, -0.15) is 0 Å². The van der Waals surface area contributed by atoms with Crippen LogP contribution in [-0.2, 0) is 24.0 Å². The molecule has 0 amide bonds. The minimum absolute atomic E-state index is 0. The third kappa shape index (κ3) is 149. The van der Waals surface area contributed by atoms with Crippen molar-refractivity contribution < 1.29 is 33.8 Å². The van der Waals surface area contributed by atoms with E-state index in [9.17, 15) is 0 Å². The first-order valence-corrected chi connectivity index (χ1v) is 1.64. The second kappa shape index (κ2) is 9.17. The molecule has 0 saturated carbocycles. The van der Waals surface area contributed by atoms with Gasteiger partial charge in [0.25, 0.3) is 8.25 Å². The third-order valence-corrected chi connectivity index (χ3v) is 0. The first kappa shape index (κ1) is 15.9. The largest absolute Gasteiger partial charge is 2.00 e. The molecule has 0 saturated heterocycles.